The van der Waals surface area contributed by atoms with E-state index in [0.29, 0.717) is 19.4 Å². The van der Waals surface area contributed by atoms with Gasteiger partial charge in [0, 0.05) is 5.41 Å². The summed E-state index contributed by atoms with van der Waals surface area (Å²) in [7, 11) is 0. The van der Waals surface area contributed by atoms with E-state index >= 15 is 8.78 Å². The Bertz CT molecular complexity index is 573. The zero-order valence-corrected chi connectivity index (χ0v) is 22.1. The van der Waals surface area contributed by atoms with Crippen LogP contribution in [0.25, 0.3) is 0 Å². The van der Waals surface area contributed by atoms with Crippen LogP contribution in [-0.2, 0) is 9.47 Å². The fraction of sp³-hybridized carbons (Fsp3) is 1.00. The van der Waals surface area contributed by atoms with Crippen molar-refractivity contribution in [1.82, 2.24) is 0 Å². The van der Waals surface area contributed by atoms with Crippen LogP contribution in [0, 0.1) is 28.1 Å². The molecule has 0 heterocycles. The Morgan fingerprint density at radius 3 is 1.56 bits per heavy atom. The Kier molecular flexibility index (Phi) is 10.7. The van der Waals surface area contributed by atoms with Crippen LogP contribution in [-0.4, -0.2) is 37.5 Å². The zero-order chi connectivity index (χ0) is 25.8. The summed E-state index contributed by atoms with van der Waals surface area (Å²) in [6.45, 7) is 18.8. The molecule has 0 aromatic carbocycles. The van der Waals surface area contributed by atoms with Gasteiger partial charge in [-0.2, -0.15) is 13.2 Å². The monoisotopic (exact) mass is 474 g/mol. The average Bonchev–Trinajstić information content (AvgIpc) is 2.63. The fourth-order valence-corrected chi connectivity index (χ4v) is 3.88. The van der Waals surface area contributed by atoms with Gasteiger partial charge in [-0.15, -0.1) is 0 Å². The molecular formula is C25H47F5O2. The van der Waals surface area contributed by atoms with E-state index in [4.69, 9.17) is 9.47 Å². The third-order valence-electron chi connectivity index (χ3n) is 7.52. The van der Waals surface area contributed by atoms with E-state index < -0.39 is 41.4 Å². The Hall–Kier alpha value is -0.430. The lowest BCUT2D eigenvalue weighted by Crippen LogP contribution is -2.59. The normalized spacial score (nSPS) is 19.7. The summed E-state index contributed by atoms with van der Waals surface area (Å²) in [5.74, 6) is -3.39. The topological polar surface area (TPSA) is 18.5 Å². The molecule has 0 aliphatic heterocycles. The predicted octanol–water partition coefficient (Wildman–Crippen LogP) is 8.54. The Morgan fingerprint density at radius 1 is 0.719 bits per heavy atom. The largest absolute Gasteiger partial charge is 0.399 e. The van der Waals surface area contributed by atoms with E-state index in [-0.39, 0.29) is 24.5 Å². The van der Waals surface area contributed by atoms with Crippen LogP contribution in [0.5, 0.6) is 0 Å². The number of hydrogen-bond acceptors (Lipinski definition) is 2. The van der Waals surface area contributed by atoms with Gasteiger partial charge in [-0.25, -0.2) is 8.78 Å². The lowest BCUT2D eigenvalue weighted by molar-refractivity contribution is -0.329. The number of rotatable bonds is 14. The lowest BCUT2D eigenvalue weighted by Gasteiger charge is -2.48. The van der Waals surface area contributed by atoms with Gasteiger partial charge in [0.25, 0.3) is 5.92 Å². The second-order valence-electron chi connectivity index (χ2n) is 11.6. The number of ether oxygens (including phenoxy) is 2. The summed E-state index contributed by atoms with van der Waals surface area (Å²) in [6.07, 6.45) is -5.12. The Morgan fingerprint density at radius 2 is 1.22 bits per heavy atom. The van der Waals surface area contributed by atoms with Gasteiger partial charge >= 0.3 is 6.18 Å². The van der Waals surface area contributed by atoms with Crippen LogP contribution in [0.4, 0.5) is 22.0 Å². The zero-order valence-electron chi connectivity index (χ0n) is 22.1. The molecule has 0 aliphatic rings. The Balaban J connectivity index is 5.62. The van der Waals surface area contributed by atoms with E-state index in [9.17, 15) is 13.2 Å². The summed E-state index contributed by atoms with van der Waals surface area (Å²) in [4.78, 5) is 0. The summed E-state index contributed by atoms with van der Waals surface area (Å²) < 4.78 is 83.8. The highest BCUT2D eigenvalue weighted by molar-refractivity contribution is 5.03. The SMILES string of the molecule is CCC(C)(COCC(C)(COC(C)(C)C(C)C)CC(C)C)C(F)(F)C(C)(CC)C(F)(F)F. The molecule has 2 nitrogen and oxygen atoms in total. The molecule has 3 unspecified atom stereocenters. The highest BCUT2D eigenvalue weighted by Gasteiger charge is 2.70. The van der Waals surface area contributed by atoms with Crippen molar-refractivity contribution < 1.29 is 31.4 Å². The van der Waals surface area contributed by atoms with E-state index in [1.165, 1.54) is 13.8 Å². The van der Waals surface area contributed by atoms with Crippen LogP contribution in [0.2, 0.25) is 0 Å². The highest BCUT2D eigenvalue weighted by Crippen LogP contribution is 2.59. The molecule has 0 amide bonds. The van der Waals surface area contributed by atoms with Crippen LogP contribution in [0.15, 0.2) is 0 Å². The van der Waals surface area contributed by atoms with Gasteiger partial charge in [-0.05, 0) is 51.9 Å². The quantitative estimate of drug-likeness (QED) is 0.235. The van der Waals surface area contributed by atoms with Gasteiger partial charge in [0.15, 0.2) is 0 Å². The van der Waals surface area contributed by atoms with E-state index in [2.05, 4.69) is 27.7 Å². The molecule has 0 fully saturated rings. The lowest BCUT2D eigenvalue weighted by atomic mass is 9.66. The van der Waals surface area contributed by atoms with Crippen LogP contribution in [0.3, 0.4) is 0 Å². The standard InChI is InChI=1S/C25H47F5O2/c1-12-22(10,24(26,27)23(11,13-2)25(28,29)30)17-31-15-21(9,14-18(3)4)16-32-20(7,8)19(5)6/h18-19H,12-17H2,1-11H3. The summed E-state index contributed by atoms with van der Waals surface area (Å²) in [6, 6.07) is 0. The maximum Gasteiger partial charge on any atom is 0.399 e. The third kappa shape index (κ3) is 7.04. The first kappa shape index (κ1) is 31.6. The van der Waals surface area contributed by atoms with Crippen molar-refractivity contribution in [2.45, 2.75) is 113 Å². The van der Waals surface area contributed by atoms with E-state index in [0.717, 1.165) is 13.3 Å². The number of hydrogen-bond donors (Lipinski definition) is 0. The van der Waals surface area contributed by atoms with Gasteiger partial charge in [0.2, 0.25) is 0 Å². The molecule has 0 aliphatic carbocycles. The molecule has 0 aromatic rings. The van der Waals surface area contributed by atoms with Crippen molar-refractivity contribution in [1.29, 1.82) is 0 Å². The van der Waals surface area contributed by atoms with Crippen LogP contribution in [0.1, 0.15) is 95.4 Å². The van der Waals surface area contributed by atoms with Gasteiger partial charge < -0.3 is 9.47 Å². The van der Waals surface area contributed by atoms with E-state index in [1.807, 2.05) is 20.8 Å². The molecule has 3 atom stereocenters. The third-order valence-corrected chi connectivity index (χ3v) is 7.52. The minimum Gasteiger partial charge on any atom is -0.380 e. The predicted molar refractivity (Wildman–Crippen MR) is 121 cm³/mol. The van der Waals surface area contributed by atoms with E-state index in [1.54, 1.807) is 0 Å². The molecule has 0 bridgehead atoms. The molecule has 0 spiro atoms. The van der Waals surface area contributed by atoms with Crippen molar-refractivity contribution in [2.75, 3.05) is 19.8 Å². The van der Waals surface area contributed by atoms with Crippen LogP contribution < -0.4 is 0 Å². The molecule has 32 heavy (non-hydrogen) atoms. The van der Waals surface area contributed by atoms with Gasteiger partial charge in [0.1, 0.15) is 5.41 Å². The molecule has 0 rings (SSSR count). The molecule has 0 aromatic heterocycles. The summed E-state index contributed by atoms with van der Waals surface area (Å²) in [5.41, 5.74) is -5.88. The fourth-order valence-electron chi connectivity index (χ4n) is 3.88. The number of halogens is 5. The molecule has 0 N–H and O–H groups in total. The van der Waals surface area contributed by atoms with Crippen molar-refractivity contribution in [3.63, 3.8) is 0 Å². The Labute approximate surface area is 193 Å². The molecule has 7 heteroatoms. The molecule has 0 saturated heterocycles. The second-order valence-corrected chi connectivity index (χ2v) is 11.6. The summed E-state index contributed by atoms with van der Waals surface area (Å²) >= 11 is 0. The van der Waals surface area contributed by atoms with Gasteiger partial charge in [0.05, 0.1) is 30.8 Å². The van der Waals surface area contributed by atoms with Gasteiger partial charge in [-0.1, -0.05) is 55.4 Å². The molecule has 194 valence electrons. The maximum absolute atomic E-state index is 15.4. The van der Waals surface area contributed by atoms with Gasteiger partial charge in [-0.3, -0.25) is 0 Å². The smallest absolute Gasteiger partial charge is 0.380 e. The van der Waals surface area contributed by atoms with Crippen molar-refractivity contribution in [2.24, 2.45) is 28.1 Å². The summed E-state index contributed by atoms with van der Waals surface area (Å²) in [5, 5.41) is 0. The molecule has 0 radical (unpaired) electrons. The number of alkyl halides is 5. The van der Waals surface area contributed by atoms with Crippen molar-refractivity contribution in [3.8, 4) is 0 Å². The maximum atomic E-state index is 15.4. The highest BCUT2D eigenvalue weighted by atomic mass is 19.4. The van der Waals surface area contributed by atoms with Crippen molar-refractivity contribution >= 4 is 0 Å². The average molecular weight is 475 g/mol. The first-order valence-electron chi connectivity index (χ1n) is 11.8. The first-order valence-corrected chi connectivity index (χ1v) is 11.8. The molecular weight excluding hydrogens is 427 g/mol. The minimum atomic E-state index is -5.02. The van der Waals surface area contributed by atoms with Crippen molar-refractivity contribution in [3.05, 3.63) is 0 Å². The second kappa shape index (κ2) is 10.9. The first-order chi connectivity index (χ1) is 14.1. The molecule has 0 saturated carbocycles. The minimum absolute atomic E-state index is 0.135. The van der Waals surface area contributed by atoms with Crippen LogP contribution >= 0.6 is 0 Å².